The standard InChI is InChI=1S/C4H10O2Si/c1-3(5)6-4(2)7/h4H,1-2,7H3. The molecule has 0 N–H and O–H groups in total. The van der Waals surface area contributed by atoms with Gasteiger partial charge in [0.25, 0.3) is 0 Å². The fourth-order valence-electron chi connectivity index (χ4n) is 0.332. The minimum Gasteiger partial charge on any atom is -0.468 e. The Bertz CT molecular complexity index is 70.1. The van der Waals surface area contributed by atoms with E-state index in [4.69, 9.17) is 0 Å². The number of esters is 1. The Balaban J connectivity index is 3.13. The molecule has 0 rings (SSSR count). The fourth-order valence-corrected chi connectivity index (χ4v) is 0.664. The van der Waals surface area contributed by atoms with Gasteiger partial charge in [-0.3, -0.25) is 4.79 Å². The molecule has 0 aliphatic carbocycles. The van der Waals surface area contributed by atoms with Crippen LogP contribution in [0.4, 0.5) is 0 Å². The van der Waals surface area contributed by atoms with Gasteiger partial charge in [-0.25, -0.2) is 0 Å². The predicted molar refractivity (Wildman–Crippen MR) is 31.2 cm³/mol. The molecule has 0 saturated carbocycles. The van der Waals surface area contributed by atoms with E-state index >= 15 is 0 Å². The van der Waals surface area contributed by atoms with E-state index in [2.05, 4.69) is 4.74 Å². The van der Waals surface area contributed by atoms with Crippen molar-refractivity contribution < 1.29 is 9.53 Å². The second-order valence-electron chi connectivity index (χ2n) is 1.66. The Morgan fingerprint density at radius 3 is 2.29 bits per heavy atom. The van der Waals surface area contributed by atoms with E-state index in [1.54, 1.807) is 0 Å². The second-order valence-corrected chi connectivity index (χ2v) is 3.28. The molecule has 0 saturated heterocycles. The molecule has 7 heavy (non-hydrogen) atoms. The summed E-state index contributed by atoms with van der Waals surface area (Å²) in [6.07, 6.45) is 0. The van der Waals surface area contributed by atoms with Crippen molar-refractivity contribution in [1.82, 2.24) is 0 Å². The van der Waals surface area contributed by atoms with E-state index in [0.717, 1.165) is 10.2 Å². The number of carbonyl (C=O) groups is 1. The van der Waals surface area contributed by atoms with Crippen LogP contribution < -0.4 is 0 Å². The van der Waals surface area contributed by atoms with Crippen LogP contribution in [0.3, 0.4) is 0 Å². The summed E-state index contributed by atoms with van der Waals surface area (Å²) in [5.41, 5.74) is 0.164. The van der Waals surface area contributed by atoms with E-state index in [9.17, 15) is 4.79 Å². The average Bonchev–Trinajstić information content (AvgIpc) is 1.27. The van der Waals surface area contributed by atoms with Crippen LogP contribution in [0.5, 0.6) is 0 Å². The topological polar surface area (TPSA) is 26.3 Å². The molecule has 0 amide bonds. The molecule has 2 nitrogen and oxygen atoms in total. The number of rotatable bonds is 1. The normalized spacial score (nSPS) is 13.4. The Hall–Kier alpha value is -0.313. The van der Waals surface area contributed by atoms with Gasteiger partial charge in [0, 0.05) is 6.92 Å². The van der Waals surface area contributed by atoms with E-state index in [0.29, 0.717) is 0 Å². The molecule has 1 atom stereocenters. The maximum Gasteiger partial charge on any atom is 0.302 e. The van der Waals surface area contributed by atoms with Crippen LogP contribution in [0.15, 0.2) is 0 Å². The first-order valence-electron chi connectivity index (χ1n) is 2.30. The first-order valence-corrected chi connectivity index (χ1v) is 3.45. The first-order chi connectivity index (χ1) is 3.13. The van der Waals surface area contributed by atoms with Gasteiger partial charge in [0.1, 0.15) is 0 Å². The van der Waals surface area contributed by atoms with Crippen molar-refractivity contribution in [2.45, 2.75) is 19.6 Å². The summed E-state index contributed by atoms with van der Waals surface area (Å²) in [5.74, 6) is -0.178. The summed E-state index contributed by atoms with van der Waals surface area (Å²) < 4.78 is 4.67. The highest BCUT2D eigenvalue weighted by atomic mass is 28.1. The summed E-state index contributed by atoms with van der Waals surface area (Å²) in [4.78, 5) is 10.1. The van der Waals surface area contributed by atoms with Crippen LogP contribution in [0, 0.1) is 0 Å². The lowest BCUT2D eigenvalue weighted by Crippen LogP contribution is -2.10. The van der Waals surface area contributed by atoms with Crippen molar-refractivity contribution in [2.75, 3.05) is 0 Å². The van der Waals surface area contributed by atoms with Crippen LogP contribution in [0.1, 0.15) is 13.8 Å². The van der Waals surface area contributed by atoms with Gasteiger partial charge in [-0.05, 0) is 6.92 Å². The Labute approximate surface area is 46.3 Å². The van der Waals surface area contributed by atoms with Crippen molar-refractivity contribution in [3.8, 4) is 0 Å². The highest BCUT2D eigenvalue weighted by Crippen LogP contribution is 1.81. The van der Waals surface area contributed by atoms with Crippen molar-refractivity contribution in [3.05, 3.63) is 0 Å². The molecule has 0 heterocycles. The van der Waals surface area contributed by atoms with Gasteiger partial charge < -0.3 is 4.74 Å². The predicted octanol–water partition coefficient (Wildman–Crippen LogP) is -0.739. The quantitative estimate of drug-likeness (QED) is 0.335. The monoisotopic (exact) mass is 118 g/mol. The van der Waals surface area contributed by atoms with E-state index in [1.165, 1.54) is 6.92 Å². The molecule has 0 radical (unpaired) electrons. The zero-order valence-electron chi connectivity index (χ0n) is 4.89. The fraction of sp³-hybridized carbons (Fsp3) is 0.750. The Morgan fingerprint density at radius 2 is 2.29 bits per heavy atom. The number of hydrogen-bond donors (Lipinski definition) is 0. The van der Waals surface area contributed by atoms with Gasteiger partial charge in [0.2, 0.25) is 0 Å². The third-order valence-electron chi connectivity index (χ3n) is 0.402. The minimum atomic E-state index is -0.178. The Morgan fingerprint density at radius 1 is 1.86 bits per heavy atom. The van der Waals surface area contributed by atoms with E-state index in [-0.39, 0.29) is 11.7 Å². The molecule has 1 unspecified atom stereocenters. The summed E-state index contributed by atoms with van der Waals surface area (Å²) in [6, 6.07) is 0. The molecule has 3 heteroatoms. The number of ether oxygens (including phenoxy) is 1. The van der Waals surface area contributed by atoms with Crippen LogP contribution in [-0.4, -0.2) is 21.9 Å². The molecule has 0 aliphatic heterocycles. The molecule has 0 bridgehead atoms. The van der Waals surface area contributed by atoms with Gasteiger partial charge in [0.15, 0.2) is 0 Å². The summed E-state index contributed by atoms with van der Waals surface area (Å²) in [7, 11) is 0.924. The lowest BCUT2D eigenvalue weighted by atomic mass is 10.8. The highest BCUT2D eigenvalue weighted by Gasteiger charge is 1.93. The highest BCUT2D eigenvalue weighted by molar-refractivity contribution is 6.11. The van der Waals surface area contributed by atoms with Crippen LogP contribution in [0.2, 0.25) is 0 Å². The molecule has 0 aliphatic rings. The molecule has 0 aromatic carbocycles. The Kier molecular flexibility index (Phi) is 2.67. The minimum absolute atomic E-state index is 0.164. The molecule has 0 aromatic heterocycles. The SMILES string of the molecule is CC(=O)OC(C)[SiH3]. The average molecular weight is 118 g/mol. The lowest BCUT2D eigenvalue weighted by Gasteiger charge is -2.02. The lowest BCUT2D eigenvalue weighted by molar-refractivity contribution is -0.142. The molecule has 42 valence electrons. The maximum absolute atomic E-state index is 10.1. The third kappa shape index (κ3) is 5.69. The molecule has 0 aromatic rings. The molecular formula is C4H10O2Si. The van der Waals surface area contributed by atoms with Crippen LogP contribution >= 0.6 is 0 Å². The van der Waals surface area contributed by atoms with E-state index < -0.39 is 0 Å². The third-order valence-corrected chi connectivity index (χ3v) is 0.637. The molecule has 0 spiro atoms. The summed E-state index contributed by atoms with van der Waals surface area (Å²) in [6.45, 7) is 3.31. The van der Waals surface area contributed by atoms with Crippen molar-refractivity contribution in [1.29, 1.82) is 0 Å². The van der Waals surface area contributed by atoms with Crippen molar-refractivity contribution >= 4 is 16.2 Å². The van der Waals surface area contributed by atoms with Gasteiger partial charge in [-0.15, -0.1) is 0 Å². The number of carbonyl (C=O) groups excluding carboxylic acids is 1. The molecular weight excluding hydrogens is 108 g/mol. The first kappa shape index (κ1) is 6.69. The second kappa shape index (κ2) is 2.79. The maximum atomic E-state index is 10.1. The smallest absolute Gasteiger partial charge is 0.302 e. The van der Waals surface area contributed by atoms with E-state index in [1.807, 2.05) is 6.92 Å². The molecule has 0 fully saturated rings. The van der Waals surface area contributed by atoms with Gasteiger partial charge in [0.05, 0.1) is 16.0 Å². The van der Waals surface area contributed by atoms with Crippen molar-refractivity contribution in [3.63, 3.8) is 0 Å². The largest absolute Gasteiger partial charge is 0.468 e. The zero-order valence-corrected chi connectivity index (χ0v) is 6.89. The van der Waals surface area contributed by atoms with Gasteiger partial charge in [-0.2, -0.15) is 0 Å². The van der Waals surface area contributed by atoms with Crippen molar-refractivity contribution in [2.24, 2.45) is 0 Å². The summed E-state index contributed by atoms with van der Waals surface area (Å²) in [5, 5.41) is 0. The van der Waals surface area contributed by atoms with Gasteiger partial charge >= 0.3 is 5.97 Å². The number of hydrogen-bond acceptors (Lipinski definition) is 2. The zero-order chi connectivity index (χ0) is 5.86. The van der Waals surface area contributed by atoms with Crippen LogP contribution in [0.25, 0.3) is 0 Å². The summed E-state index contributed by atoms with van der Waals surface area (Å²) >= 11 is 0. The van der Waals surface area contributed by atoms with Gasteiger partial charge in [-0.1, -0.05) is 0 Å². The van der Waals surface area contributed by atoms with Crippen LogP contribution in [-0.2, 0) is 9.53 Å².